The van der Waals surface area contributed by atoms with Crippen LogP contribution in [0.1, 0.15) is 37.2 Å². The van der Waals surface area contributed by atoms with Crippen LogP contribution in [0, 0.1) is 18.8 Å². The van der Waals surface area contributed by atoms with Gasteiger partial charge >= 0.3 is 0 Å². The number of anilines is 1. The molecule has 1 amide bonds. The molecule has 0 unspecified atom stereocenters. The van der Waals surface area contributed by atoms with Crippen LogP contribution in [0.2, 0.25) is 0 Å². The molecule has 1 saturated heterocycles. The number of likely N-dealkylation sites (tertiary alicyclic amines) is 1. The van der Waals surface area contributed by atoms with Crippen LogP contribution in [0.25, 0.3) is 0 Å². The Hall–Kier alpha value is -2.21. The Labute approximate surface area is 148 Å². The fourth-order valence-corrected chi connectivity index (χ4v) is 3.81. The first kappa shape index (κ1) is 16.3. The average Bonchev–Trinajstić information content (AvgIpc) is 3.27. The maximum atomic E-state index is 12.8. The van der Waals surface area contributed by atoms with Crippen LogP contribution in [0.4, 0.5) is 5.95 Å². The van der Waals surface area contributed by atoms with E-state index in [1.54, 1.807) is 0 Å². The smallest absolute Gasteiger partial charge is 0.231 e. The van der Waals surface area contributed by atoms with E-state index >= 15 is 0 Å². The van der Waals surface area contributed by atoms with Gasteiger partial charge in [0, 0.05) is 25.7 Å². The fraction of sp³-hybridized carbons (Fsp3) is 0.526. The van der Waals surface area contributed by atoms with E-state index in [1.165, 1.54) is 5.56 Å². The molecule has 1 aromatic carbocycles. The molecule has 2 aliphatic rings. The molecule has 132 valence electrons. The summed E-state index contributed by atoms with van der Waals surface area (Å²) in [6, 6.07) is 10.9. The Morgan fingerprint density at radius 3 is 2.68 bits per heavy atom. The summed E-state index contributed by atoms with van der Waals surface area (Å²) in [5.74, 6) is 1.88. The van der Waals surface area contributed by atoms with E-state index < -0.39 is 0 Å². The van der Waals surface area contributed by atoms with E-state index in [-0.39, 0.29) is 11.8 Å². The second-order valence-electron chi connectivity index (χ2n) is 7.42. The van der Waals surface area contributed by atoms with Gasteiger partial charge in [-0.3, -0.25) is 19.6 Å². The zero-order valence-electron chi connectivity index (χ0n) is 14.9. The quantitative estimate of drug-likeness (QED) is 0.909. The Balaban J connectivity index is 1.40. The minimum absolute atomic E-state index is 0.00614. The monoisotopic (exact) mass is 339 g/mol. The van der Waals surface area contributed by atoms with Crippen LogP contribution in [0.15, 0.2) is 30.3 Å². The molecule has 2 heterocycles. The van der Waals surface area contributed by atoms with Crippen molar-refractivity contribution in [1.82, 2.24) is 19.7 Å². The van der Waals surface area contributed by atoms with Gasteiger partial charge in [0.2, 0.25) is 11.9 Å². The summed E-state index contributed by atoms with van der Waals surface area (Å²) in [6.45, 7) is 6.74. The Bertz CT molecular complexity index is 752. The lowest BCUT2D eigenvalue weighted by Crippen LogP contribution is -2.29. The summed E-state index contributed by atoms with van der Waals surface area (Å²) in [4.78, 5) is 15.2. The molecule has 2 fully saturated rings. The van der Waals surface area contributed by atoms with Gasteiger partial charge in [0.1, 0.15) is 5.82 Å². The first-order valence-corrected chi connectivity index (χ1v) is 9.10. The van der Waals surface area contributed by atoms with Crippen LogP contribution in [0.5, 0.6) is 0 Å². The number of amides is 1. The van der Waals surface area contributed by atoms with Gasteiger partial charge in [0.25, 0.3) is 0 Å². The molecule has 1 N–H and O–H groups in total. The number of carbonyl (C=O) groups is 1. The van der Waals surface area contributed by atoms with E-state index in [0.29, 0.717) is 17.9 Å². The summed E-state index contributed by atoms with van der Waals surface area (Å²) in [5, 5.41) is 11.3. The first-order chi connectivity index (χ1) is 12.1. The van der Waals surface area contributed by atoms with Crippen LogP contribution in [0.3, 0.4) is 0 Å². The van der Waals surface area contributed by atoms with Crippen LogP contribution < -0.4 is 5.32 Å². The molecule has 6 nitrogen and oxygen atoms in total. The highest BCUT2D eigenvalue weighted by Crippen LogP contribution is 2.38. The number of hydrogen-bond acceptors (Lipinski definition) is 4. The van der Waals surface area contributed by atoms with Crippen molar-refractivity contribution < 1.29 is 4.79 Å². The molecule has 4 rings (SSSR count). The first-order valence-electron chi connectivity index (χ1n) is 9.10. The van der Waals surface area contributed by atoms with Crippen LogP contribution in [-0.2, 0) is 11.3 Å². The van der Waals surface area contributed by atoms with E-state index in [1.807, 2.05) is 13.0 Å². The topological polar surface area (TPSA) is 63.1 Å². The third-order valence-corrected chi connectivity index (χ3v) is 5.29. The second kappa shape index (κ2) is 6.59. The fourth-order valence-electron chi connectivity index (χ4n) is 3.81. The largest absolute Gasteiger partial charge is 0.298 e. The van der Waals surface area contributed by atoms with Crippen molar-refractivity contribution in [2.75, 3.05) is 18.4 Å². The Morgan fingerprint density at radius 2 is 1.96 bits per heavy atom. The number of carbonyl (C=O) groups excluding carboxylic acids is 1. The molecule has 25 heavy (non-hydrogen) atoms. The van der Waals surface area contributed by atoms with Gasteiger partial charge in [-0.05, 0) is 31.2 Å². The predicted octanol–water partition coefficient (Wildman–Crippen LogP) is 2.63. The SMILES string of the molecule is Cc1nnc(NC(=O)[C@@H]2CN(Cc3ccccc3)C[C@H]2C)n1C1CC1. The lowest BCUT2D eigenvalue weighted by atomic mass is 9.97. The summed E-state index contributed by atoms with van der Waals surface area (Å²) < 4.78 is 2.07. The molecular weight excluding hydrogens is 314 g/mol. The van der Waals surface area contributed by atoms with Crippen molar-refractivity contribution in [1.29, 1.82) is 0 Å². The van der Waals surface area contributed by atoms with E-state index in [0.717, 1.165) is 38.3 Å². The molecule has 0 bridgehead atoms. The molecule has 2 atom stereocenters. The molecule has 0 radical (unpaired) electrons. The zero-order valence-corrected chi connectivity index (χ0v) is 14.9. The van der Waals surface area contributed by atoms with Crippen molar-refractivity contribution in [2.24, 2.45) is 11.8 Å². The maximum absolute atomic E-state index is 12.8. The third-order valence-electron chi connectivity index (χ3n) is 5.29. The maximum Gasteiger partial charge on any atom is 0.231 e. The molecule has 2 aromatic rings. The van der Waals surface area contributed by atoms with Crippen molar-refractivity contribution in [3.8, 4) is 0 Å². The van der Waals surface area contributed by atoms with Crippen molar-refractivity contribution >= 4 is 11.9 Å². The predicted molar refractivity (Wildman–Crippen MR) is 96.0 cm³/mol. The van der Waals surface area contributed by atoms with E-state index in [2.05, 4.69) is 56.2 Å². The minimum Gasteiger partial charge on any atom is -0.298 e. The summed E-state index contributed by atoms with van der Waals surface area (Å²) in [7, 11) is 0. The van der Waals surface area contributed by atoms with Crippen molar-refractivity contribution in [3.63, 3.8) is 0 Å². The van der Waals surface area contributed by atoms with Gasteiger partial charge in [0.15, 0.2) is 0 Å². The average molecular weight is 339 g/mol. The molecule has 0 spiro atoms. The van der Waals surface area contributed by atoms with Crippen molar-refractivity contribution in [2.45, 2.75) is 39.3 Å². The van der Waals surface area contributed by atoms with Gasteiger partial charge < -0.3 is 0 Å². The number of rotatable bonds is 5. The normalized spacial score (nSPS) is 23.8. The number of nitrogens with one attached hydrogen (secondary N) is 1. The number of aromatic nitrogens is 3. The van der Waals surface area contributed by atoms with E-state index in [9.17, 15) is 4.79 Å². The lowest BCUT2D eigenvalue weighted by Gasteiger charge is -2.16. The number of hydrogen-bond donors (Lipinski definition) is 1. The van der Waals surface area contributed by atoms with Gasteiger partial charge in [-0.1, -0.05) is 37.3 Å². The second-order valence-corrected chi connectivity index (χ2v) is 7.42. The molecule has 1 aromatic heterocycles. The number of nitrogens with zero attached hydrogens (tertiary/aromatic N) is 4. The molecule has 1 aliphatic heterocycles. The third kappa shape index (κ3) is 3.44. The van der Waals surface area contributed by atoms with Gasteiger partial charge in [0.05, 0.1) is 5.92 Å². The lowest BCUT2D eigenvalue weighted by molar-refractivity contribution is -0.120. The Kier molecular flexibility index (Phi) is 4.29. The molecule has 1 aliphatic carbocycles. The number of benzene rings is 1. The van der Waals surface area contributed by atoms with Gasteiger partial charge in [-0.15, -0.1) is 10.2 Å². The Morgan fingerprint density at radius 1 is 1.20 bits per heavy atom. The molecule has 1 saturated carbocycles. The van der Waals surface area contributed by atoms with Gasteiger partial charge in [-0.2, -0.15) is 0 Å². The molecule has 6 heteroatoms. The minimum atomic E-state index is -0.00614. The molecular formula is C19H25N5O. The van der Waals surface area contributed by atoms with Crippen LogP contribution in [-0.4, -0.2) is 38.7 Å². The highest BCUT2D eigenvalue weighted by atomic mass is 16.2. The summed E-state index contributed by atoms with van der Waals surface area (Å²) >= 11 is 0. The van der Waals surface area contributed by atoms with Crippen LogP contribution >= 0.6 is 0 Å². The highest BCUT2D eigenvalue weighted by Gasteiger charge is 2.36. The summed E-state index contributed by atoms with van der Waals surface area (Å²) in [6.07, 6.45) is 2.29. The van der Waals surface area contributed by atoms with Gasteiger partial charge in [-0.25, -0.2) is 0 Å². The summed E-state index contributed by atoms with van der Waals surface area (Å²) in [5.41, 5.74) is 1.29. The highest BCUT2D eigenvalue weighted by molar-refractivity contribution is 5.91. The van der Waals surface area contributed by atoms with Crippen molar-refractivity contribution in [3.05, 3.63) is 41.7 Å². The zero-order chi connectivity index (χ0) is 17.4. The number of aryl methyl sites for hydroxylation is 1. The standard InChI is InChI=1S/C19H25N5O/c1-13-10-23(11-15-6-4-3-5-7-15)12-17(13)18(25)20-19-22-21-14(2)24(19)16-8-9-16/h3-7,13,16-17H,8-12H2,1-2H3,(H,20,22,25)/t13-,17-/m1/s1. The van der Waals surface area contributed by atoms with E-state index in [4.69, 9.17) is 0 Å².